The van der Waals surface area contributed by atoms with Gasteiger partial charge in [-0.25, -0.2) is 18.5 Å². The van der Waals surface area contributed by atoms with Crippen LogP contribution in [0, 0.1) is 17.7 Å². The van der Waals surface area contributed by atoms with E-state index < -0.39 is 73.9 Å². The third-order valence-electron chi connectivity index (χ3n) is 5.41. The Labute approximate surface area is 223 Å². The summed E-state index contributed by atoms with van der Waals surface area (Å²) >= 11 is 0. The summed E-state index contributed by atoms with van der Waals surface area (Å²) in [6.07, 6.45) is -5.67. The minimum Gasteiger partial charge on any atom is -0.461 e. The van der Waals surface area contributed by atoms with E-state index in [1.165, 1.54) is 26.0 Å². The van der Waals surface area contributed by atoms with Crippen LogP contribution in [-0.4, -0.2) is 57.2 Å². The number of para-hydroxylation sites is 1. The lowest BCUT2D eigenvalue weighted by Gasteiger charge is -2.28. The summed E-state index contributed by atoms with van der Waals surface area (Å²) in [6.45, 7) is 5.31. The van der Waals surface area contributed by atoms with Crippen molar-refractivity contribution >= 4 is 19.6 Å². The third-order valence-corrected chi connectivity index (χ3v) is 6.88. The van der Waals surface area contributed by atoms with Crippen molar-refractivity contribution in [2.75, 3.05) is 12.3 Å². The molecule has 2 aromatic rings. The van der Waals surface area contributed by atoms with E-state index in [9.17, 15) is 23.7 Å². The number of phosphoric ester groups is 1. The van der Waals surface area contributed by atoms with Crippen molar-refractivity contribution in [3.63, 3.8) is 0 Å². The molecule has 1 unspecified atom stereocenters. The molecule has 0 aliphatic carbocycles. The first-order valence-electron chi connectivity index (χ1n) is 11.8. The Balaban J connectivity index is 1.88. The minimum atomic E-state index is -4.57. The maximum Gasteiger partial charge on any atom is 0.530 e. The van der Waals surface area contributed by atoms with Crippen molar-refractivity contribution in [2.45, 2.75) is 63.9 Å². The Bertz CT molecular complexity index is 1350. The summed E-state index contributed by atoms with van der Waals surface area (Å²) in [4.78, 5) is 28.1. The SMILES string of the molecule is CC#CC1(N)[C@@H](O)[C@@H](CO[P@](=O)(Oc2ccccc2)O[C@@H](C)C(=O)OC(C)C)O[C@H]1n1cc(F)c(N)nc1=O. The lowest BCUT2D eigenvalue weighted by atomic mass is 9.91. The fourth-order valence-electron chi connectivity index (χ4n) is 3.63. The van der Waals surface area contributed by atoms with Crippen LogP contribution in [0.4, 0.5) is 10.2 Å². The standard InChI is InChI=1S/C24H30FN4O9P/c1-5-11-24(27)19(30)18(36-22(24)29-12-17(25)20(26)28-23(29)32)13-34-39(33,38-16-9-7-6-8-10-16)37-15(4)21(31)35-14(2)3/h6-10,12,14-15,18-19,22,30H,13,27H2,1-4H3,(H2,26,28,32)/t15-,18+,19-,22+,24?,39-/m0/s1. The van der Waals surface area contributed by atoms with Crippen molar-refractivity contribution in [1.82, 2.24) is 9.55 Å². The Morgan fingerprint density at radius 2 is 2.00 bits per heavy atom. The van der Waals surface area contributed by atoms with Gasteiger partial charge in [0.05, 0.1) is 18.9 Å². The molecular formula is C24H30FN4O9P. The van der Waals surface area contributed by atoms with Crippen LogP contribution in [0.1, 0.15) is 33.9 Å². The molecule has 0 radical (unpaired) electrons. The number of carbonyl (C=O) groups excluding carboxylic acids is 1. The molecule has 1 aliphatic heterocycles. The van der Waals surface area contributed by atoms with Crippen LogP contribution in [-0.2, 0) is 27.9 Å². The first-order chi connectivity index (χ1) is 18.3. The largest absolute Gasteiger partial charge is 0.530 e. The number of nitrogens with two attached hydrogens (primary N) is 2. The predicted molar refractivity (Wildman–Crippen MR) is 136 cm³/mol. The maximum atomic E-state index is 14.1. The average Bonchev–Trinajstić information content (AvgIpc) is 3.10. The molecule has 39 heavy (non-hydrogen) atoms. The van der Waals surface area contributed by atoms with Gasteiger partial charge in [0.1, 0.15) is 18.0 Å². The fourth-order valence-corrected chi connectivity index (χ4v) is 4.97. The second-order valence-electron chi connectivity index (χ2n) is 8.82. The molecular weight excluding hydrogens is 538 g/mol. The average molecular weight is 568 g/mol. The number of aliphatic hydroxyl groups is 1. The van der Waals surface area contributed by atoms with E-state index in [1.54, 1.807) is 32.0 Å². The molecule has 1 saturated heterocycles. The van der Waals surface area contributed by atoms with Gasteiger partial charge in [-0.15, -0.1) is 5.92 Å². The molecule has 0 saturated carbocycles. The highest BCUT2D eigenvalue weighted by Gasteiger charge is 2.55. The summed E-state index contributed by atoms with van der Waals surface area (Å²) in [5.41, 5.74) is 8.72. The van der Waals surface area contributed by atoms with Gasteiger partial charge < -0.3 is 30.6 Å². The van der Waals surface area contributed by atoms with Crippen molar-refractivity contribution in [3.05, 3.63) is 52.8 Å². The first-order valence-corrected chi connectivity index (χ1v) is 13.2. The van der Waals surface area contributed by atoms with Crippen molar-refractivity contribution in [1.29, 1.82) is 0 Å². The van der Waals surface area contributed by atoms with Crippen LogP contribution in [0.5, 0.6) is 5.75 Å². The molecule has 13 nitrogen and oxygen atoms in total. The molecule has 1 fully saturated rings. The van der Waals surface area contributed by atoms with Crippen LogP contribution in [0.3, 0.4) is 0 Å². The molecule has 2 heterocycles. The van der Waals surface area contributed by atoms with E-state index >= 15 is 0 Å². The van der Waals surface area contributed by atoms with E-state index in [-0.39, 0.29) is 5.75 Å². The summed E-state index contributed by atoms with van der Waals surface area (Å²) in [5.74, 6) is 2.72. The molecule has 6 atom stereocenters. The van der Waals surface area contributed by atoms with Gasteiger partial charge in [-0.1, -0.05) is 24.1 Å². The number of phosphoric acid groups is 1. The second-order valence-corrected chi connectivity index (χ2v) is 10.4. The number of ether oxygens (including phenoxy) is 2. The number of benzene rings is 1. The zero-order valence-corrected chi connectivity index (χ0v) is 22.5. The monoisotopic (exact) mass is 568 g/mol. The molecule has 1 aliphatic rings. The fraction of sp³-hybridized carbons (Fsp3) is 0.458. The zero-order chi connectivity index (χ0) is 29.0. The van der Waals surface area contributed by atoms with Gasteiger partial charge in [0.2, 0.25) is 0 Å². The molecule has 0 bridgehead atoms. The number of nitrogen functional groups attached to an aromatic ring is 1. The van der Waals surface area contributed by atoms with Gasteiger partial charge in [0.15, 0.2) is 29.5 Å². The van der Waals surface area contributed by atoms with Gasteiger partial charge in [-0.2, -0.15) is 4.98 Å². The van der Waals surface area contributed by atoms with Crippen LogP contribution in [0.15, 0.2) is 41.3 Å². The second kappa shape index (κ2) is 12.3. The predicted octanol–water partition coefficient (Wildman–Crippen LogP) is 1.50. The topological polar surface area (TPSA) is 187 Å². The van der Waals surface area contributed by atoms with Gasteiger partial charge >= 0.3 is 19.5 Å². The molecule has 212 valence electrons. The number of rotatable bonds is 10. The third kappa shape index (κ3) is 7.02. The van der Waals surface area contributed by atoms with Gasteiger partial charge in [-0.3, -0.25) is 13.6 Å². The van der Waals surface area contributed by atoms with Crippen LogP contribution < -0.4 is 21.7 Å². The number of nitrogens with zero attached hydrogens (tertiary/aromatic N) is 2. The zero-order valence-electron chi connectivity index (χ0n) is 21.6. The van der Waals surface area contributed by atoms with Crippen LogP contribution in [0.25, 0.3) is 0 Å². The van der Waals surface area contributed by atoms with Crippen molar-refractivity contribution in [2.24, 2.45) is 5.73 Å². The Morgan fingerprint density at radius 1 is 1.33 bits per heavy atom. The minimum absolute atomic E-state index is 0.0935. The Morgan fingerprint density at radius 3 is 2.62 bits per heavy atom. The van der Waals surface area contributed by atoms with Crippen LogP contribution in [0.2, 0.25) is 0 Å². The molecule has 0 spiro atoms. The maximum absolute atomic E-state index is 14.1. The van der Waals surface area contributed by atoms with Crippen molar-refractivity contribution in [3.8, 4) is 17.6 Å². The van der Waals surface area contributed by atoms with E-state index in [2.05, 4.69) is 16.8 Å². The van der Waals surface area contributed by atoms with Gasteiger partial charge in [0.25, 0.3) is 0 Å². The number of carbonyl (C=O) groups is 1. The quantitative estimate of drug-likeness (QED) is 0.213. The number of anilines is 1. The number of hydrogen-bond donors (Lipinski definition) is 3. The number of aliphatic hydroxyl groups excluding tert-OH is 1. The molecule has 5 N–H and O–H groups in total. The Kier molecular flexibility index (Phi) is 9.50. The normalized spacial score (nSPS) is 24.9. The number of halogens is 1. The smallest absolute Gasteiger partial charge is 0.461 e. The summed E-state index contributed by atoms with van der Waals surface area (Å²) in [6, 6.07) is 7.86. The molecule has 3 rings (SSSR count). The number of esters is 1. The van der Waals surface area contributed by atoms with Crippen molar-refractivity contribution < 1.29 is 41.9 Å². The Hall–Kier alpha value is -3.31. The molecule has 15 heteroatoms. The van der Waals surface area contributed by atoms with Crippen LogP contribution >= 0.6 is 7.82 Å². The lowest BCUT2D eigenvalue weighted by Crippen LogP contribution is -2.55. The van der Waals surface area contributed by atoms with Gasteiger partial charge in [0, 0.05) is 0 Å². The molecule has 1 aromatic carbocycles. The highest BCUT2D eigenvalue weighted by atomic mass is 31.2. The van der Waals surface area contributed by atoms with E-state index in [0.717, 1.165) is 6.20 Å². The van der Waals surface area contributed by atoms with E-state index in [1.807, 2.05) is 0 Å². The highest BCUT2D eigenvalue weighted by molar-refractivity contribution is 7.49. The molecule has 0 amide bonds. The van der Waals surface area contributed by atoms with E-state index in [4.69, 9.17) is 34.5 Å². The number of hydrogen-bond acceptors (Lipinski definition) is 12. The summed E-state index contributed by atoms with van der Waals surface area (Å²) in [7, 11) is -4.57. The van der Waals surface area contributed by atoms with E-state index in [0.29, 0.717) is 4.57 Å². The van der Waals surface area contributed by atoms with Gasteiger partial charge in [-0.05, 0) is 39.8 Å². The summed E-state index contributed by atoms with van der Waals surface area (Å²) in [5, 5.41) is 11.0. The summed E-state index contributed by atoms with van der Waals surface area (Å²) < 4.78 is 55.6. The molecule has 1 aromatic heterocycles. The lowest BCUT2D eigenvalue weighted by molar-refractivity contribution is -0.156. The first kappa shape index (κ1) is 30.2. The highest BCUT2D eigenvalue weighted by Crippen LogP contribution is 2.51. The number of aromatic nitrogens is 2.